The molecule has 110 valence electrons. The Balaban J connectivity index is 2.14. The van der Waals surface area contributed by atoms with E-state index < -0.39 is 0 Å². The molecule has 0 atom stereocenters. The minimum Gasteiger partial charge on any atom is -0.503 e. The van der Waals surface area contributed by atoms with Crippen LogP contribution in [0.1, 0.15) is 15.9 Å². The number of phenols is 1. The van der Waals surface area contributed by atoms with Gasteiger partial charge < -0.3 is 15.2 Å². The third-order valence-corrected chi connectivity index (χ3v) is 3.88. The van der Waals surface area contributed by atoms with Gasteiger partial charge in [0.25, 0.3) is 5.91 Å². The van der Waals surface area contributed by atoms with Crippen LogP contribution in [0.5, 0.6) is 11.5 Å². The number of carbonyl (C=O) groups is 1. The maximum atomic E-state index is 12.1. The third-order valence-electron chi connectivity index (χ3n) is 2.91. The summed E-state index contributed by atoms with van der Waals surface area (Å²) in [7, 11) is 1.42. The molecule has 0 aliphatic rings. The molecule has 4 nitrogen and oxygen atoms in total. The monoisotopic (exact) mass is 369 g/mol. The zero-order valence-electron chi connectivity index (χ0n) is 11.2. The summed E-state index contributed by atoms with van der Waals surface area (Å²) >= 11 is 9.22. The van der Waals surface area contributed by atoms with Crippen molar-refractivity contribution >= 4 is 33.4 Å². The van der Waals surface area contributed by atoms with Gasteiger partial charge in [-0.3, -0.25) is 4.79 Å². The molecule has 0 radical (unpaired) electrons. The van der Waals surface area contributed by atoms with Crippen LogP contribution in [0.4, 0.5) is 0 Å². The average Bonchev–Trinajstić information content (AvgIpc) is 2.48. The van der Waals surface area contributed by atoms with Crippen LogP contribution in [-0.4, -0.2) is 18.1 Å². The molecular formula is C15H13BrClNO3. The fraction of sp³-hybridized carbons (Fsp3) is 0.133. The topological polar surface area (TPSA) is 58.6 Å². The molecule has 21 heavy (non-hydrogen) atoms. The number of amides is 1. The van der Waals surface area contributed by atoms with Gasteiger partial charge in [0, 0.05) is 17.1 Å². The second kappa shape index (κ2) is 6.83. The highest BCUT2D eigenvalue weighted by atomic mass is 79.9. The molecule has 2 aromatic rings. The Morgan fingerprint density at radius 3 is 2.76 bits per heavy atom. The first-order valence-corrected chi connectivity index (χ1v) is 7.28. The number of carbonyl (C=O) groups excluding carboxylic acids is 1. The van der Waals surface area contributed by atoms with Crippen molar-refractivity contribution in [1.82, 2.24) is 5.32 Å². The van der Waals surface area contributed by atoms with Crippen molar-refractivity contribution in [3.05, 3.63) is 57.0 Å². The van der Waals surface area contributed by atoms with Crippen LogP contribution in [0.3, 0.4) is 0 Å². The molecule has 2 rings (SSSR count). The second-order valence-corrected chi connectivity index (χ2v) is 5.54. The van der Waals surface area contributed by atoms with Crippen molar-refractivity contribution in [3.8, 4) is 11.5 Å². The zero-order chi connectivity index (χ0) is 15.4. The SMILES string of the molecule is COc1cc(C(=O)NCc2ccccc2Cl)cc(Br)c1O. The number of halogens is 2. The summed E-state index contributed by atoms with van der Waals surface area (Å²) in [6.45, 7) is 0.319. The van der Waals surface area contributed by atoms with Crippen LogP contribution in [0.25, 0.3) is 0 Å². The largest absolute Gasteiger partial charge is 0.503 e. The predicted octanol–water partition coefficient (Wildman–Crippen LogP) is 3.75. The van der Waals surface area contributed by atoms with Crippen molar-refractivity contribution in [2.75, 3.05) is 7.11 Å². The van der Waals surface area contributed by atoms with E-state index in [0.717, 1.165) is 5.56 Å². The molecular weight excluding hydrogens is 358 g/mol. The van der Waals surface area contributed by atoms with E-state index in [0.29, 0.717) is 21.6 Å². The Morgan fingerprint density at radius 1 is 1.38 bits per heavy atom. The first kappa shape index (κ1) is 15.7. The summed E-state index contributed by atoms with van der Waals surface area (Å²) in [5.41, 5.74) is 1.21. The minimum absolute atomic E-state index is 0.0415. The molecule has 0 bridgehead atoms. The normalized spacial score (nSPS) is 10.2. The molecule has 0 heterocycles. The highest BCUT2D eigenvalue weighted by molar-refractivity contribution is 9.10. The van der Waals surface area contributed by atoms with E-state index in [2.05, 4.69) is 21.2 Å². The average molecular weight is 371 g/mol. The molecule has 0 unspecified atom stereocenters. The summed E-state index contributed by atoms with van der Waals surface area (Å²) in [6, 6.07) is 10.3. The Hall–Kier alpha value is -1.72. The fourth-order valence-corrected chi connectivity index (χ4v) is 2.42. The van der Waals surface area contributed by atoms with Gasteiger partial charge in [0.05, 0.1) is 11.6 Å². The third kappa shape index (κ3) is 3.68. The van der Waals surface area contributed by atoms with Crippen molar-refractivity contribution in [2.45, 2.75) is 6.54 Å². The number of hydrogen-bond acceptors (Lipinski definition) is 3. The molecule has 0 saturated carbocycles. The van der Waals surface area contributed by atoms with Crippen LogP contribution in [-0.2, 0) is 6.54 Å². The highest BCUT2D eigenvalue weighted by Gasteiger charge is 2.13. The van der Waals surface area contributed by atoms with Crippen LogP contribution >= 0.6 is 27.5 Å². The van der Waals surface area contributed by atoms with Crippen molar-refractivity contribution in [1.29, 1.82) is 0 Å². The molecule has 1 amide bonds. The van der Waals surface area contributed by atoms with Crippen molar-refractivity contribution in [3.63, 3.8) is 0 Å². The molecule has 0 fully saturated rings. The molecule has 0 spiro atoms. The van der Waals surface area contributed by atoms with Gasteiger partial charge >= 0.3 is 0 Å². The lowest BCUT2D eigenvalue weighted by Gasteiger charge is -2.10. The molecule has 2 aromatic carbocycles. The first-order chi connectivity index (χ1) is 10.0. The summed E-state index contributed by atoms with van der Waals surface area (Å²) in [5, 5.41) is 13.1. The highest BCUT2D eigenvalue weighted by Crippen LogP contribution is 2.35. The number of aromatic hydroxyl groups is 1. The first-order valence-electron chi connectivity index (χ1n) is 6.11. The molecule has 0 saturated heterocycles. The number of hydrogen-bond donors (Lipinski definition) is 2. The van der Waals surface area contributed by atoms with Crippen LogP contribution in [0.15, 0.2) is 40.9 Å². The van der Waals surface area contributed by atoms with E-state index in [9.17, 15) is 9.90 Å². The van der Waals surface area contributed by atoms with Gasteiger partial charge in [0.2, 0.25) is 0 Å². The summed E-state index contributed by atoms with van der Waals surface area (Å²) in [5.74, 6) is -0.0960. The van der Waals surface area contributed by atoms with E-state index in [-0.39, 0.29) is 17.4 Å². The number of benzene rings is 2. The van der Waals surface area contributed by atoms with E-state index in [1.807, 2.05) is 18.2 Å². The zero-order valence-corrected chi connectivity index (χ0v) is 13.5. The lowest BCUT2D eigenvalue weighted by molar-refractivity contribution is 0.0950. The Morgan fingerprint density at radius 2 is 2.10 bits per heavy atom. The molecule has 6 heteroatoms. The Kier molecular flexibility index (Phi) is 5.09. The summed E-state index contributed by atoms with van der Waals surface area (Å²) in [6.07, 6.45) is 0. The quantitative estimate of drug-likeness (QED) is 0.862. The lowest BCUT2D eigenvalue weighted by Crippen LogP contribution is -2.23. The number of methoxy groups -OCH3 is 1. The summed E-state index contributed by atoms with van der Waals surface area (Å²) in [4.78, 5) is 12.1. The number of rotatable bonds is 4. The number of phenolic OH excluding ortho intramolecular Hbond substituents is 1. The van der Waals surface area contributed by atoms with Gasteiger partial charge in [-0.1, -0.05) is 29.8 Å². The van der Waals surface area contributed by atoms with Gasteiger partial charge in [-0.25, -0.2) is 0 Å². The molecule has 0 aromatic heterocycles. The smallest absolute Gasteiger partial charge is 0.251 e. The van der Waals surface area contributed by atoms with Gasteiger partial charge in [-0.15, -0.1) is 0 Å². The van der Waals surface area contributed by atoms with Crippen LogP contribution in [0.2, 0.25) is 5.02 Å². The molecule has 0 aliphatic heterocycles. The van der Waals surface area contributed by atoms with Gasteiger partial charge in [0.1, 0.15) is 0 Å². The predicted molar refractivity (Wildman–Crippen MR) is 85.0 cm³/mol. The minimum atomic E-state index is -0.283. The van der Waals surface area contributed by atoms with Gasteiger partial charge in [-0.05, 0) is 39.7 Å². The molecule has 2 N–H and O–H groups in total. The summed E-state index contributed by atoms with van der Waals surface area (Å²) < 4.78 is 5.41. The van der Waals surface area contributed by atoms with Gasteiger partial charge in [0.15, 0.2) is 11.5 Å². The number of nitrogens with one attached hydrogen (secondary N) is 1. The molecule has 0 aliphatic carbocycles. The Labute approximate surface area is 135 Å². The maximum absolute atomic E-state index is 12.1. The fourth-order valence-electron chi connectivity index (χ4n) is 1.78. The van der Waals surface area contributed by atoms with Crippen LogP contribution < -0.4 is 10.1 Å². The van der Waals surface area contributed by atoms with Crippen LogP contribution in [0, 0.1) is 0 Å². The van der Waals surface area contributed by atoms with Crippen molar-refractivity contribution < 1.29 is 14.6 Å². The van der Waals surface area contributed by atoms with E-state index in [4.69, 9.17) is 16.3 Å². The van der Waals surface area contributed by atoms with Gasteiger partial charge in [-0.2, -0.15) is 0 Å². The van der Waals surface area contributed by atoms with E-state index in [1.165, 1.54) is 19.2 Å². The maximum Gasteiger partial charge on any atom is 0.251 e. The van der Waals surface area contributed by atoms with E-state index >= 15 is 0 Å². The Bertz CT molecular complexity index is 676. The second-order valence-electron chi connectivity index (χ2n) is 4.28. The number of ether oxygens (including phenoxy) is 1. The van der Waals surface area contributed by atoms with E-state index in [1.54, 1.807) is 6.07 Å². The standard InChI is InChI=1S/C15H13BrClNO3/c1-21-13-7-10(6-11(16)14(13)19)15(20)18-8-9-4-2-3-5-12(9)17/h2-7,19H,8H2,1H3,(H,18,20). The van der Waals surface area contributed by atoms with Crippen molar-refractivity contribution in [2.24, 2.45) is 0 Å². The lowest BCUT2D eigenvalue weighted by atomic mass is 10.1.